The molecule has 2 fully saturated rings. The smallest absolute Gasteiger partial charge is 0.226 e. The predicted molar refractivity (Wildman–Crippen MR) is 81.6 cm³/mol. The number of hydrogen-bond acceptors (Lipinski definition) is 2. The minimum absolute atomic E-state index is 0. The van der Waals surface area contributed by atoms with Crippen LogP contribution in [0.5, 0.6) is 0 Å². The predicted octanol–water partition coefficient (Wildman–Crippen LogP) is 2.88. The summed E-state index contributed by atoms with van der Waals surface area (Å²) in [4.78, 5) is 12.6. The molecule has 1 aliphatic carbocycles. The molecular formula is C15H29ClN2O. The maximum absolute atomic E-state index is 12.6. The Morgan fingerprint density at radius 2 is 2.00 bits per heavy atom. The Bertz CT molecular complexity index is 282. The van der Waals surface area contributed by atoms with Crippen molar-refractivity contribution in [2.45, 2.75) is 64.8 Å². The molecule has 1 saturated heterocycles. The number of carbonyl (C=O) groups excluding carboxylic acids is 1. The van der Waals surface area contributed by atoms with Gasteiger partial charge in [-0.2, -0.15) is 0 Å². The molecule has 1 atom stereocenters. The van der Waals surface area contributed by atoms with Gasteiger partial charge >= 0.3 is 0 Å². The van der Waals surface area contributed by atoms with Gasteiger partial charge in [0, 0.05) is 18.0 Å². The summed E-state index contributed by atoms with van der Waals surface area (Å²) < 4.78 is 0. The number of nitrogens with one attached hydrogen (secondary N) is 2. The second-order valence-corrected chi connectivity index (χ2v) is 6.60. The SMILES string of the molecule is CC(C)CC1(C(=O)NC2CCCNC2)CCCC1.Cl. The molecule has 3 nitrogen and oxygen atoms in total. The Labute approximate surface area is 123 Å². The van der Waals surface area contributed by atoms with Gasteiger partial charge < -0.3 is 10.6 Å². The molecule has 0 bridgehead atoms. The summed E-state index contributed by atoms with van der Waals surface area (Å²) in [7, 11) is 0. The van der Waals surface area contributed by atoms with Crippen molar-refractivity contribution in [2.75, 3.05) is 13.1 Å². The van der Waals surface area contributed by atoms with Crippen LogP contribution >= 0.6 is 12.4 Å². The Kier molecular flexibility index (Phi) is 6.61. The highest BCUT2D eigenvalue weighted by molar-refractivity contribution is 5.85. The molecule has 19 heavy (non-hydrogen) atoms. The van der Waals surface area contributed by atoms with Crippen LogP contribution in [0.2, 0.25) is 0 Å². The molecule has 4 heteroatoms. The van der Waals surface area contributed by atoms with Crippen LogP contribution in [0.15, 0.2) is 0 Å². The van der Waals surface area contributed by atoms with Crippen LogP contribution in [0.1, 0.15) is 58.8 Å². The second kappa shape index (κ2) is 7.49. The molecule has 0 aromatic carbocycles. The largest absolute Gasteiger partial charge is 0.352 e. The number of hydrogen-bond donors (Lipinski definition) is 2. The van der Waals surface area contributed by atoms with Crippen LogP contribution in [-0.4, -0.2) is 25.0 Å². The highest BCUT2D eigenvalue weighted by Gasteiger charge is 2.41. The molecule has 1 unspecified atom stereocenters. The average molecular weight is 289 g/mol. The third-order valence-corrected chi connectivity index (χ3v) is 4.47. The topological polar surface area (TPSA) is 41.1 Å². The molecule has 1 saturated carbocycles. The van der Waals surface area contributed by atoms with Gasteiger partial charge in [-0.25, -0.2) is 0 Å². The minimum atomic E-state index is -0.0500. The van der Waals surface area contributed by atoms with E-state index < -0.39 is 0 Å². The molecular weight excluding hydrogens is 260 g/mol. The van der Waals surface area contributed by atoms with E-state index in [2.05, 4.69) is 24.5 Å². The van der Waals surface area contributed by atoms with E-state index in [0.29, 0.717) is 17.9 Å². The van der Waals surface area contributed by atoms with Crippen molar-refractivity contribution in [2.24, 2.45) is 11.3 Å². The average Bonchev–Trinajstić information content (AvgIpc) is 2.79. The molecule has 2 aliphatic rings. The van der Waals surface area contributed by atoms with Gasteiger partial charge in [0.25, 0.3) is 0 Å². The summed E-state index contributed by atoms with van der Waals surface area (Å²) in [6.45, 7) is 6.51. The number of rotatable bonds is 4. The summed E-state index contributed by atoms with van der Waals surface area (Å²) in [5, 5.41) is 6.67. The van der Waals surface area contributed by atoms with Crippen LogP contribution in [0.3, 0.4) is 0 Å². The van der Waals surface area contributed by atoms with Crippen LogP contribution in [-0.2, 0) is 4.79 Å². The van der Waals surface area contributed by atoms with E-state index in [1.54, 1.807) is 0 Å². The normalized spacial score (nSPS) is 25.9. The van der Waals surface area contributed by atoms with E-state index in [1.807, 2.05) is 0 Å². The van der Waals surface area contributed by atoms with Crippen molar-refractivity contribution in [3.05, 3.63) is 0 Å². The van der Waals surface area contributed by atoms with Crippen molar-refractivity contribution < 1.29 is 4.79 Å². The third kappa shape index (κ3) is 4.35. The van der Waals surface area contributed by atoms with Gasteiger partial charge in [0.15, 0.2) is 0 Å². The first-order chi connectivity index (χ1) is 8.62. The van der Waals surface area contributed by atoms with Crippen molar-refractivity contribution in [1.29, 1.82) is 0 Å². The Morgan fingerprint density at radius 1 is 1.32 bits per heavy atom. The minimum Gasteiger partial charge on any atom is -0.352 e. The first-order valence-electron chi connectivity index (χ1n) is 7.64. The lowest BCUT2D eigenvalue weighted by atomic mass is 9.77. The zero-order chi connectivity index (χ0) is 13.0. The van der Waals surface area contributed by atoms with Crippen LogP contribution in [0, 0.1) is 11.3 Å². The van der Waals surface area contributed by atoms with Gasteiger partial charge in [0.05, 0.1) is 0 Å². The number of piperidine rings is 1. The molecule has 0 spiro atoms. The summed E-state index contributed by atoms with van der Waals surface area (Å²) in [5.41, 5.74) is -0.0500. The first-order valence-corrected chi connectivity index (χ1v) is 7.64. The highest BCUT2D eigenvalue weighted by atomic mass is 35.5. The van der Waals surface area contributed by atoms with Gasteiger partial charge in [-0.1, -0.05) is 26.7 Å². The number of amides is 1. The molecule has 1 aliphatic heterocycles. The monoisotopic (exact) mass is 288 g/mol. The summed E-state index contributed by atoms with van der Waals surface area (Å²) in [5.74, 6) is 0.945. The van der Waals surface area contributed by atoms with E-state index in [4.69, 9.17) is 0 Å². The van der Waals surface area contributed by atoms with E-state index in [9.17, 15) is 4.79 Å². The van der Waals surface area contributed by atoms with Crippen LogP contribution in [0.4, 0.5) is 0 Å². The molecule has 0 aromatic rings. The van der Waals surface area contributed by atoms with Crippen molar-refractivity contribution in [3.63, 3.8) is 0 Å². The first kappa shape index (κ1) is 16.8. The fourth-order valence-electron chi connectivity index (χ4n) is 3.67. The fourth-order valence-corrected chi connectivity index (χ4v) is 3.67. The maximum Gasteiger partial charge on any atom is 0.226 e. The lowest BCUT2D eigenvalue weighted by Gasteiger charge is -2.33. The molecule has 0 radical (unpaired) electrons. The number of carbonyl (C=O) groups is 1. The lowest BCUT2D eigenvalue weighted by molar-refractivity contribution is -0.132. The summed E-state index contributed by atoms with van der Waals surface area (Å²) in [6.07, 6.45) is 8.01. The van der Waals surface area contributed by atoms with Gasteiger partial charge in [-0.05, 0) is 44.6 Å². The van der Waals surface area contributed by atoms with Crippen molar-refractivity contribution in [3.8, 4) is 0 Å². The Balaban J connectivity index is 0.00000180. The Hall–Kier alpha value is -0.280. The van der Waals surface area contributed by atoms with E-state index in [0.717, 1.165) is 38.8 Å². The highest BCUT2D eigenvalue weighted by Crippen LogP contribution is 2.43. The van der Waals surface area contributed by atoms with E-state index >= 15 is 0 Å². The standard InChI is InChI=1S/C15H28N2O.ClH/c1-12(2)10-15(7-3-4-8-15)14(18)17-13-6-5-9-16-11-13;/h12-13,16H,3-11H2,1-2H3,(H,17,18);1H. The van der Waals surface area contributed by atoms with Gasteiger partial charge in [0.1, 0.15) is 0 Å². The summed E-state index contributed by atoms with van der Waals surface area (Å²) in [6, 6.07) is 0.357. The zero-order valence-corrected chi connectivity index (χ0v) is 13.2. The maximum atomic E-state index is 12.6. The van der Waals surface area contributed by atoms with Crippen LogP contribution < -0.4 is 10.6 Å². The molecule has 1 heterocycles. The molecule has 2 N–H and O–H groups in total. The number of halogens is 1. The van der Waals surface area contributed by atoms with Crippen LogP contribution in [0.25, 0.3) is 0 Å². The van der Waals surface area contributed by atoms with Gasteiger partial charge in [-0.15, -0.1) is 12.4 Å². The van der Waals surface area contributed by atoms with Crippen molar-refractivity contribution >= 4 is 18.3 Å². The fraction of sp³-hybridized carbons (Fsp3) is 0.933. The lowest BCUT2D eigenvalue weighted by Crippen LogP contribution is -2.50. The van der Waals surface area contributed by atoms with Gasteiger partial charge in [0.2, 0.25) is 5.91 Å². The third-order valence-electron chi connectivity index (χ3n) is 4.47. The molecule has 0 aromatic heterocycles. The zero-order valence-electron chi connectivity index (χ0n) is 12.3. The second-order valence-electron chi connectivity index (χ2n) is 6.60. The van der Waals surface area contributed by atoms with E-state index in [-0.39, 0.29) is 17.8 Å². The van der Waals surface area contributed by atoms with Crippen molar-refractivity contribution in [1.82, 2.24) is 10.6 Å². The van der Waals surface area contributed by atoms with E-state index in [1.165, 1.54) is 19.3 Å². The van der Waals surface area contributed by atoms with Gasteiger partial charge in [-0.3, -0.25) is 4.79 Å². The molecule has 1 amide bonds. The summed E-state index contributed by atoms with van der Waals surface area (Å²) >= 11 is 0. The Morgan fingerprint density at radius 3 is 2.53 bits per heavy atom. The molecule has 2 rings (SSSR count). The molecule has 112 valence electrons. The quantitative estimate of drug-likeness (QED) is 0.835.